The molecule has 5 nitrogen and oxygen atoms in total. The standard InChI is InChI=1S/C10H15N3O2/c1-3-9(14)13-5-4-8(6-13)10-11-7(2)12-15-10/h8H,3-6H2,1-2H3. The van der Waals surface area contributed by atoms with Gasteiger partial charge in [0.05, 0.1) is 5.92 Å². The minimum Gasteiger partial charge on any atom is -0.342 e. The van der Waals surface area contributed by atoms with Gasteiger partial charge in [-0.05, 0) is 13.3 Å². The number of carbonyl (C=O) groups excluding carboxylic acids is 1. The summed E-state index contributed by atoms with van der Waals surface area (Å²) in [5.74, 6) is 1.75. The van der Waals surface area contributed by atoms with Crippen LogP contribution in [0.4, 0.5) is 0 Å². The van der Waals surface area contributed by atoms with Gasteiger partial charge in [0.1, 0.15) is 0 Å². The lowest BCUT2D eigenvalue weighted by Crippen LogP contribution is -2.27. The second-order valence-corrected chi connectivity index (χ2v) is 3.86. The summed E-state index contributed by atoms with van der Waals surface area (Å²) in [4.78, 5) is 17.5. The highest BCUT2D eigenvalue weighted by Gasteiger charge is 2.29. The van der Waals surface area contributed by atoms with Crippen molar-refractivity contribution >= 4 is 5.91 Å². The third kappa shape index (κ3) is 2.00. The van der Waals surface area contributed by atoms with E-state index in [1.54, 1.807) is 6.92 Å². The van der Waals surface area contributed by atoms with E-state index in [-0.39, 0.29) is 11.8 Å². The topological polar surface area (TPSA) is 59.2 Å². The van der Waals surface area contributed by atoms with Gasteiger partial charge in [0.15, 0.2) is 5.82 Å². The SMILES string of the molecule is CCC(=O)N1CCC(c2nc(C)no2)C1. The number of amides is 1. The third-order valence-corrected chi connectivity index (χ3v) is 2.74. The summed E-state index contributed by atoms with van der Waals surface area (Å²) < 4.78 is 5.11. The molecule has 0 N–H and O–H groups in total. The van der Waals surface area contributed by atoms with Crippen LogP contribution in [0.3, 0.4) is 0 Å². The Morgan fingerprint density at radius 1 is 1.67 bits per heavy atom. The Kier molecular flexibility index (Phi) is 2.70. The molecule has 0 bridgehead atoms. The van der Waals surface area contributed by atoms with E-state index in [4.69, 9.17) is 4.52 Å². The molecule has 0 aliphatic carbocycles. The van der Waals surface area contributed by atoms with E-state index in [2.05, 4.69) is 10.1 Å². The summed E-state index contributed by atoms with van der Waals surface area (Å²) in [5, 5.41) is 3.76. The summed E-state index contributed by atoms with van der Waals surface area (Å²) in [6, 6.07) is 0. The number of aryl methyl sites for hydroxylation is 1. The molecule has 1 aliphatic rings. The predicted molar refractivity (Wildman–Crippen MR) is 53.3 cm³/mol. The number of likely N-dealkylation sites (tertiary alicyclic amines) is 1. The summed E-state index contributed by atoms with van der Waals surface area (Å²) in [6.45, 7) is 5.20. The van der Waals surface area contributed by atoms with Crippen molar-refractivity contribution in [2.75, 3.05) is 13.1 Å². The third-order valence-electron chi connectivity index (χ3n) is 2.74. The Morgan fingerprint density at radius 2 is 2.47 bits per heavy atom. The van der Waals surface area contributed by atoms with Crippen molar-refractivity contribution in [1.82, 2.24) is 15.0 Å². The molecule has 1 fully saturated rings. The second-order valence-electron chi connectivity index (χ2n) is 3.86. The van der Waals surface area contributed by atoms with Crippen molar-refractivity contribution < 1.29 is 9.32 Å². The molecule has 1 aliphatic heterocycles. The molecule has 2 rings (SSSR count). The van der Waals surface area contributed by atoms with Gasteiger partial charge in [-0.2, -0.15) is 4.98 Å². The van der Waals surface area contributed by atoms with Gasteiger partial charge in [0, 0.05) is 19.5 Å². The first-order valence-corrected chi connectivity index (χ1v) is 5.28. The van der Waals surface area contributed by atoms with E-state index in [0.29, 0.717) is 24.7 Å². The molecular weight excluding hydrogens is 194 g/mol. The lowest BCUT2D eigenvalue weighted by molar-refractivity contribution is -0.129. The van der Waals surface area contributed by atoms with Gasteiger partial charge < -0.3 is 9.42 Å². The summed E-state index contributed by atoms with van der Waals surface area (Å²) in [7, 11) is 0. The molecule has 1 amide bonds. The molecule has 1 unspecified atom stereocenters. The van der Waals surface area contributed by atoms with Crippen molar-refractivity contribution in [3.8, 4) is 0 Å². The Hall–Kier alpha value is -1.39. The van der Waals surface area contributed by atoms with Crippen molar-refractivity contribution in [2.45, 2.75) is 32.6 Å². The quantitative estimate of drug-likeness (QED) is 0.732. The maximum Gasteiger partial charge on any atom is 0.231 e. The fraction of sp³-hybridized carbons (Fsp3) is 0.700. The Balaban J connectivity index is 2.01. The molecule has 1 aromatic heterocycles. The molecule has 1 saturated heterocycles. The Labute approximate surface area is 88.5 Å². The number of nitrogens with zero attached hydrogens (tertiary/aromatic N) is 3. The van der Waals surface area contributed by atoms with Gasteiger partial charge in [-0.1, -0.05) is 12.1 Å². The van der Waals surface area contributed by atoms with Gasteiger partial charge in [0.2, 0.25) is 11.8 Å². The molecule has 82 valence electrons. The van der Waals surface area contributed by atoms with Gasteiger partial charge >= 0.3 is 0 Å². The van der Waals surface area contributed by atoms with E-state index < -0.39 is 0 Å². The van der Waals surface area contributed by atoms with Crippen molar-refractivity contribution in [2.24, 2.45) is 0 Å². The fourth-order valence-corrected chi connectivity index (χ4v) is 1.89. The largest absolute Gasteiger partial charge is 0.342 e. The lowest BCUT2D eigenvalue weighted by atomic mass is 10.1. The zero-order chi connectivity index (χ0) is 10.8. The van der Waals surface area contributed by atoms with Crippen LogP contribution in [0.1, 0.15) is 37.4 Å². The molecule has 2 heterocycles. The molecular formula is C10H15N3O2. The van der Waals surface area contributed by atoms with E-state index in [1.165, 1.54) is 0 Å². The molecule has 1 atom stereocenters. The average molecular weight is 209 g/mol. The number of aromatic nitrogens is 2. The monoisotopic (exact) mass is 209 g/mol. The van der Waals surface area contributed by atoms with Crippen molar-refractivity contribution in [1.29, 1.82) is 0 Å². The molecule has 0 spiro atoms. The first-order valence-electron chi connectivity index (χ1n) is 5.28. The normalized spacial score (nSPS) is 20.9. The molecule has 0 aromatic carbocycles. The number of hydrogen-bond donors (Lipinski definition) is 0. The van der Waals surface area contributed by atoms with Crippen LogP contribution in [0.5, 0.6) is 0 Å². The van der Waals surface area contributed by atoms with Crippen molar-refractivity contribution in [3.05, 3.63) is 11.7 Å². The molecule has 1 aromatic rings. The van der Waals surface area contributed by atoms with Crippen LogP contribution in [0.25, 0.3) is 0 Å². The van der Waals surface area contributed by atoms with Gasteiger partial charge in [-0.25, -0.2) is 0 Å². The Bertz CT molecular complexity index is 361. The highest BCUT2D eigenvalue weighted by Crippen LogP contribution is 2.25. The van der Waals surface area contributed by atoms with Gasteiger partial charge in [0.25, 0.3) is 0 Å². The van der Waals surface area contributed by atoms with Crippen molar-refractivity contribution in [3.63, 3.8) is 0 Å². The maximum absolute atomic E-state index is 11.5. The minimum atomic E-state index is 0.203. The second kappa shape index (κ2) is 4.00. The minimum absolute atomic E-state index is 0.203. The van der Waals surface area contributed by atoms with Crippen LogP contribution in [0.2, 0.25) is 0 Å². The molecule has 0 radical (unpaired) electrons. The molecule has 0 saturated carbocycles. The average Bonchev–Trinajstić information content (AvgIpc) is 2.84. The predicted octanol–water partition coefficient (Wildman–Crippen LogP) is 1.10. The zero-order valence-electron chi connectivity index (χ0n) is 9.06. The maximum atomic E-state index is 11.5. The van der Waals surface area contributed by atoms with E-state index in [0.717, 1.165) is 13.0 Å². The fourth-order valence-electron chi connectivity index (χ4n) is 1.89. The number of carbonyl (C=O) groups is 1. The van der Waals surface area contributed by atoms with Gasteiger partial charge in [-0.3, -0.25) is 4.79 Å². The zero-order valence-corrected chi connectivity index (χ0v) is 9.06. The van der Waals surface area contributed by atoms with Crippen LogP contribution >= 0.6 is 0 Å². The van der Waals surface area contributed by atoms with Crippen LogP contribution in [0.15, 0.2) is 4.52 Å². The lowest BCUT2D eigenvalue weighted by Gasteiger charge is -2.13. The molecule has 15 heavy (non-hydrogen) atoms. The summed E-state index contributed by atoms with van der Waals surface area (Å²) >= 11 is 0. The summed E-state index contributed by atoms with van der Waals surface area (Å²) in [6.07, 6.45) is 1.49. The van der Waals surface area contributed by atoms with E-state index >= 15 is 0 Å². The number of hydrogen-bond acceptors (Lipinski definition) is 4. The highest BCUT2D eigenvalue weighted by molar-refractivity contribution is 5.76. The number of rotatable bonds is 2. The van der Waals surface area contributed by atoms with E-state index in [9.17, 15) is 4.79 Å². The van der Waals surface area contributed by atoms with Crippen LogP contribution < -0.4 is 0 Å². The summed E-state index contributed by atoms with van der Waals surface area (Å²) in [5.41, 5.74) is 0. The highest BCUT2D eigenvalue weighted by atomic mass is 16.5. The first kappa shape index (κ1) is 10.1. The smallest absolute Gasteiger partial charge is 0.231 e. The van der Waals surface area contributed by atoms with Gasteiger partial charge in [-0.15, -0.1) is 0 Å². The van der Waals surface area contributed by atoms with Crippen LogP contribution in [-0.2, 0) is 4.79 Å². The van der Waals surface area contributed by atoms with E-state index in [1.807, 2.05) is 11.8 Å². The first-order chi connectivity index (χ1) is 7.20. The van der Waals surface area contributed by atoms with Crippen LogP contribution in [-0.4, -0.2) is 34.0 Å². The molecule has 5 heteroatoms. The van der Waals surface area contributed by atoms with Crippen LogP contribution in [0, 0.1) is 6.92 Å². The Morgan fingerprint density at radius 3 is 3.07 bits per heavy atom.